The van der Waals surface area contributed by atoms with E-state index in [0.717, 1.165) is 33.9 Å². The molecule has 1 aliphatic rings. The molecule has 144 valence electrons. The second kappa shape index (κ2) is 8.76. The van der Waals surface area contributed by atoms with Crippen LogP contribution in [0.2, 0.25) is 5.02 Å². The van der Waals surface area contributed by atoms with Crippen molar-refractivity contribution >= 4 is 34.8 Å². The van der Waals surface area contributed by atoms with E-state index < -0.39 is 0 Å². The lowest BCUT2D eigenvalue weighted by Crippen LogP contribution is -2.47. The highest BCUT2D eigenvalue weighted by Gasteiger charge is 2.25. The highest BCUT2D eigenvalue weighted by Crippen LogP contribution is 2.25. The minimum absolute atomic E-state index is 0.0329. The van der Waals surface area contributed by atoms with Gasteiger partial charge >= 0.3 is 0 Å². The van der Waals surface area contributed by atoms with Crippen LogP contribution in [-0.2, 0) is 4.79 Å². The van der Waals surface area contributed by atoms with Gasteiger partial charge < -0.3 is 15.0 Å². The Morgan fingerprint density at radius 1 is 1.26 bits per heavy atom. The Kier molecular flexibility index (Phi) is 6.39. The second-order valence-electron chi connectivity index (χ2n) is 6.77. The van der Waals surface area contributed by atoms with Crippen LogP contribution in [0.3, 0.4) is 0 Å². The third-order valence-corrected chi connectivity index (χ3v) is 6.11. The Morgan fingerprint density at radius 2 is 1.93 bits per heavy atom. The van der Waals surface area contributed by atoms with Crippen molar-refractivity contribution in [2.45, 2.75) is 32.7 Å². The molecule has 1 aromatic heterocycles. The van der Waals surface area contributed by atoms with Crippen LogP contribution < -0.4 is 10.1 Å². The SMILES string of the molecule is Cc1cc(OCC(=O)NC2CCN(C(=O)c3cccs3)CC2)cc(C)c1Cl. The summed E-state index contributed by atoms with van der Waals surface area (Å²) in [5.41, 5.74) is 1.85. The van der Waals surface area contributed by atoms with Crippen molar-refractivity contribution in [1.29, 1.82) is 0 Å². The number of thiophene rings is 1. The summed E-state index contributed by atoms with van der Waals surface area (Å²) < 4.78 is 5.60. The van der Waals surface area contributed by atoms with Crippen LogP contribution in [0, 0.1) is 13.8 Å². The first-order chi connectivity index (χ1) is 12.9. The van der Waals surface area contributed by atoms with E-state index in [-0.39, 0.29) is 24.5 Å². The van der Waals surface area contributed by atoms with Gasteiger partial charge in [0, 0.05) is 24.2 Å². The number of nitrogens with one attached hydrogen (secondary N) is 1. The van der Waals surface area contributed by atoms with Crippen LogP contribution >= 0.6 is 22.9 Å². The Hall–Kier alpha value is -2.05. The number of ether oxygens (including phenoxy) is 1. The third-order valence-electron chi connectivity index (χ3n) is 4.66. The number of rotatable bonds is 5. The van der Waals surface area contributed by atoms with E-state index in [9.17, 15) is 9.59 Å². The van der Waals surface area contributed by atoms with E-state index in [1.807, 2.05) is 48.4 Å². The van der Waals surface area contributed by atoms with Gasteiger partial charge in [-0.1, -0.05) is 17.7 Å². The van der Waals surface area contributed by atoms with Crippen molar-refractivity contribution in [3.05, 3.63) is 50.7 Å². The van der Waals surface area contributed by atoms with E-state index in [1.54, 1.807) is 0 Å². The average molecular weight is 407 g/mol. The normalized spacial score (nSPS) is 14.9. The Balaban J connectivity index is 1.44. The molecule has 27 heavy (non-hydrogen) atoms. The van der Waals surface area contributed by atoms with Crippen molar-refractivity contribution in [1.82, 2.24) is 10.2 Å². The van der Waals surface area contributed by atoms with Gasteiger partial charge in [-0.25, -0.2) is 0 Å². The summed E-state index contributed by atoms with van der Waals surface area (Å²) in [7, 11) is 0. The molecule has 2 aromatic rings. The van der Waals surface area contributed by atoms with E-state index in [0.29, 0.717) is 18.8 Å². The number of hydrogen-bond donors (Lipinski definition) is 1. The number of halogens is 1. The van der Waals surface area contributed by atoms with Gasteiger partial charge in [0.1, 0.15) is 5.75 Å². The average Bonchev–Trinajstić information content (AvgIpc) is 3.19. The maximum absolute atomic E-state index is 12.3. The molecule has 1 N–H and O–H groups in total. The predicted molar refractivity (Wildman–Crippen MR) is 108 cm³/mol. The summed E-state index contributed by atoms with van der Waals surface area (Å²) in [5.74, 6) is 0.566. The molecule has 1 aliphatic heterocycles. The number of nitrogens with zero attached hydrogens (tertiary/aromatic N) is 1. The second-order valence-corrected chi connectivity index (χ2v) is 8.10. The Bertz CT molecular complexity index is 792. The van der Waals surface area contributed by atoms with Crippen molar-refractivity contribution < 1.29 is 14.3 Å². The summed E-state index contributed by atoms with van der Waals surface area (Å²) in [6.07, 6.45) is 1.50. The van der Waals surface area contributed by atoms with E-state index >= 15 is 0 Å². The quantitative estimate of drug-likeness (QED) is 0.821. The van der Waals surface area contributed by atoms with Crippen LogP contribution in [-0.4, -0.2) is 42.5 Å². The maximum atomic E-state index is 12.3. The fourth-order valence-corrected chi connectivity index (χ4v) is 3.99. The van der Waals surface area contributed by atoms with Gasteiger partial charge in [0.25, 0.3) is 11.8 Å². The first-order valence-electron chi connectivity index (χ1n) is 8.95. The minimum Gasteiger partial charge on any atom is -0.484 e. The van der Waals surface area contributed by atoms with Crippen LogP contribution in [0.15, 0.2) is 29.6 Å². The smallest absolute Gasteiger partial charge is 0.263 e. The third kappa shape index (κ3) is 5.02. The summed E-state index contributed by atoms with van der Waals surface area (Å²) in [4.78, 5) is 27.1. The van der Waals surface area contributed by atoms with E-state index in [4.69, 9.17) is 16.3 Å². The van der Waals surface area contributed by atoms with Gasteiger partial charge in [0.05, 0.1) is 4.88 Å². The Morgan fingerprint density at radius 3 is 2.52 bits per heavy atom. The van der Waals surface area contributed by atoms with Crippen molar-refractivity contribution in [3.8, 4) is 5.75 Å². The molecule has 0 spiro atoms. The molecule has 0 aliphatic carbocycles. The monoisotopic (exact) mass is 406 g/mol. The van der Waals surface area contributed by atoms with Crippen LogP contribution in [0.5, 0.6) is 5.75 Å². The lowest BCUT2D eigenvalue weighted by molar-refractivity contribution is -0.124. The van der Waals surface area contributed by atoms with Crippen LogP contribution in [0.25, 0.3) is 0 Å². The maximum Gasteiger partial charge on any atom is 0.263 e. The molecular weight excluding hydrogens is 384 g/mol. The van der Waals surface area contributed by atoms with Gasteiger partial charge in [-0.2, -0.15) is 0 Å². The summed E-state index contributed by atoms with van der Waals surface area (Å²) in [5, 5.41) is 5.62. The first-order valence-corrected chi connectivity index (χ1v) is 10.2. The number of hydrogen-bond acceptors (Lipinski definition) is 4. The largest absolute Gasteiger partial charge is 0.484 e. The number of benzene rings is 1. The number of carbonyl (C=O) groups excluding carboxylic acids is 2. The molecule has 7 heteroatoms. The molecule has 5 nitrogen and oxygen atoms in total. The number of piperidine rings is 1. The molecule has 0 bridgehead atoms. The van der Waals surface area contributed by atoms with Gasteiger partial charge in [-0.3, -0.25) is 9.59 Å². The van der Waals surface area contributed by atoms with Gasteiger partial charge in [0.15, 0.2) is 6.61 Å². The first kappa shape index (κ1) is 19.7. The fourth-order valence-electron chi connectivity index (χ4n) is 3.19. The van der Waals surface area contributed by atoms with Crippen LogP contribution in [0.4, 0.5) is 0 Å². The highest BCUT2D eigenvalue weighted by atomic mass is 35.5. The predicted octanol–water partition coefficient (Wildman–Crippen LogP) is 3.82. The fraction of sp³-hybridized carbons (Fsp3) is 0.400. The van der Waals surface area contributed by atoms with Crippen molar-refractivity contribution in [2.75, 3.05) is 19.7 Å². The number of carbonyl (C=O) groups is 2. The molecule has 1 saturated heterocycles. The number of aryl methyl sites for hydroxylation is 2. The van der Waals surface area contributed by atoms with E-state index in [2.05, 4.69) is 5.32 Å². The lowest BCUT2D eigenvalue weighted by Gasteiger charge is -2.32. The van der Waals surface area contributed by atoms with Gasteiger partial charge in [-0.15, -0.1) is 11.3 Å². The molecule has 2 heterocycles. The molecule has 0 radical (unpaired) electrons. The minimum atomic E-state index is -0.150. The molecule has 0 saturated carbocycles. The van der Waals surface area contributed by atoms with E-state index in [1.165, 1.54) is 11.3 Å². The van der Waals surface area contributed by atoms with Gasteiger partial charge in [0.2, 0.25) is 0 Å². The zero-order valence-electron chi connectivity index (χ0n) is 15.5. The molecule has 0 atom stereocenters. The summed E-state index contributed by atoms with van der Waals surface area (Å²) in [6.45, 7) is 5.09. The summed E-state index contributed by atoms with van der Waals surface area (Å²) >= 11 is 7.60. The molecule has 2 amide bonds. The zero-order valence-corrected chi connectivity index (χ0v) is 17.0. The number of likely N-dealkylation sites (tertiary alicyclic amines) is 1. The molecule has 3 rings (SSSR count). The van der Waals surface area contributed by atoms with Crippen molar-refractivity contribution in [3.63, 3.8) is 0 Å². The lowest BCUT2D eigenvalue weighted by atomic mass is 10.0. The highest BCUT2D eigenvalue weighted by molar-refractivity contribution is 7.12. The molecule has 1 fully saturated rings. The van der Waals surface area contributed by atoms with Gasteiger partial charge in [-0.05, 0) is 61.4 Å². The topological polar surface area (TPSA) is 58.6 Å². The Labute approximate surface area is 168 Å². The standard InChI is InChI=1S/C20H23ClN2O3S/c1-13-10-16(11-14(2)19(13)21)26-12-18(24)22-15-5-7-23(8-6-15)20(25)17-4-3-9-27-17/h3-4,9-11,15H,5-8,12H2,1-2H3,(H,22,24). The zero-order chi connectivity index (χ0) is 19.4. The summed E-state index contributed by atoms with van der Waals surface area (Å²) in [6, 6.07) is 7.46. The molecule has 1 aromatic carbocycles. The number of amides is 2. The van der Waals surface area contributed by atoms with Crippen molar-refractivity contribution in [2.24, 2.45) is 0 Å². The van der Waals surface area contributed by atoms with Crippen LogP contribution in [0.1, 0.15) is 33.6 Å². The molecular formula is C20H23ClN2O3S. The molecule has 0 unspecified atom stereocenters.